The first-order chi connectivity index (χ1) is 12.1. The van der Waals surface area contributed by atoms with Gasteiger partial charge >= 0.3 is 0 Å². The van der Waals surface area contributed by atoms with E-state index in [2.05, 4.69) is 27.5 Å². The lowest BCUT2D eigenvalue weighted by Gasteiger charge is -2.10. The van der Waals surface area contributed by atoms with E-state index in [1.165, 1.54) is 31.2 Å². The maximum absolute atomic E-state index is 12.1. The summed E-state index contributed by atoms with van der Waals surface area (Å²) in [6, 6.07) is 6.89. The summed E-state index contributed by atoms with van der Waals surface area (Å²) in [5, 5.41) is 14.4. The highest BCUT2D eigenvalue weighted by molar-refractivity contribution is 7.80. The zero-order valence-electron chi connectivity index (χ0n) is 14.0. The van der Waals surface area contributed by atoms with Gasteiger partial charge in [-0.05, 0) is 48.8 Å². The molecule has 0 spiro atoms. The number of rotatable bonds is 6. The van der Waals surface area contributed by atoms with Gasteiger partial charge in [-0.2, -0.15) is 5.26 Å². The smallest absolute Gasteiger partial charge is 0.258 e. The van der Waals surface area contributed by atoms with Crippen molar-refractivity contribution >= 4 is 28.9 Å². The van der Waals surface area contributed by atoms with Gasteiger partial charge in [0.25, 0.3) is 5.91 Å². The van der Waals surface area contributed by atoms with Gasteiger partial charge in [0.2, 0.25) is 0 Å². The SMILES string of the molecule is CCCCCc1cncc(NC(=S)NC(=O)c2ccc(C#N)nc2)c1. The Labute approximate surface area is 152 Å². The Bertz CT molecular complexity index is 783. The molecule has 0 radical (unpaired) electrons. The molecule has 0 bridgehead atoms. The summed E-state index contributed by atoms with van der Waals surface area (Å²) in [6.45, 7) is 2.17. The summed E-state index contributed by atoms with van der Waals surface area (Å²) in [7, 11) is 0. The molecule has 0 fully saturated rings. The Hall–Kier alpha value is -2.85. The molecule has 0 aliphatic heterocycles. The van der Waals surface area contributed by atoms with Crippen LogP contribution in [0.3, 0.4) is 0 Å². The first-order valence-corrected chi connectivity index (χ1v) is 8.45. The predicted octanol–water partition coefficient (Wildman–Crippen LogP) is 3.21. The van der Waals surface area contributed by atoms with Gasteiger partial charge in [0, 0.05) is 12.4 Å². The van der Waals surface area contributed by atoms with Crippen LogP contribution in [0.5, 0.6) is 0 Å². The molecule has 0 unspecified atom stereocenters. The van der Waals surface area contributed by atoms with Gasteiger partial charge in [0.15, 0.2) is 5.11 Å². The Morgan fingerprint density at radius 1 is 1.28 bits per heavy atom. The number of unbranched alkanes of at least 4 members (excludes halogenated alkanes) is 2. The molecule has 0 saturated heterocycles. The fraction of sp³-hybridized carbons (Fsp3) is 0.278. The van der Waals surface area contributed by atoms with Crippen LogP contribution in [-0.4, -0.2) is 21.0 Å². The molecule has 6 nitrogen and oxygen atoms in total. The van der Waals surface area contributed by atoms with Crippen LogP contribution in [0.2, 0.25) is 0 Å². The van der Waals surface area contributed by atoms with E-state index in [9.17, 15) is 4.79 Å². The maximum atomic E-state index is 12.1. The third kappa shape index (κ3) is 5.94. The number of hydrogen-bond acceptors (Lipinski definition) is 5. The van der Waals surface area contributed by atoms with Crippen LogP contribution in [0, 0.1) is 11.3 Å². The van der Waals surface area contributed by atoms with Gasteiger partial charge in [-0.1, -0.05) is 19.8 Å². The van der Waals surface area contributed by atoms with Crippen molar-refractivity contribution in [1.82, 2.24) is 15.3 Å². The molecule has 0 atom stereocenters. The third-order valence-corrected chi connectivity index (χ3v) is 3.69. The van der Waals surface area contributed by atoms with Gasteiger partial charge in [-0.15, -0.1) is 0 Å². The number of amides is 1. The highest BCUT2D eigenvalue weighted by Crippen LogP contribution is 2.11. The molecule has 2 rings (SSSR count). The van der Waals surface area contributed by atoms with Gasteiger partial charge in [-0.25, -0.2) is 4.98 Å². The maximum Gasteiger partial charge on any atom is 0.258 e. The van der Waals surface area contributed by atoms with Crippen molar-refractivity contribution in [3.05, 3.63) is 53.6 Å². The number of nitrogens with one attached hydrogen (secondary N) is 2. The number of carbonyl (C=O) groups excluding carboxylic acids is 1. The first-order valence-electron chi connectivity index (χ1n) is 8.04. The van der Waals surface area contributed by atoms with Crippen molar-refractivity contribution in [2.75, 3.05) is 5.32 Å². The van der Waals surface area contributed by atoms with Crippen LogP contribution in [0.15, 0.2) is 36.8 Å². The number of aromatic nitrogens is 2. The Kier molecular flexibility index (Phi) is 6.99. The zero-order valence-corrected chi connectivity index (χ0v) is 14.8. The van der Waals surface area contributed by atoms with Crippen molar-refractivity contribution in [3.8, 4) is 6.07 Å². The number of hydrogen-bond donors (Lipinski definition) is 2. The summed E-state index contributed by atoms with van der Waals surface area (Å²) in [5.41, 5.74) is 2.44. The summed E-state index contributed by atoms with van der Waals surface area (Å²) < 4.78 is 0. The molecule has 128 valence electrons. The van der Waals surface area contributed by atoms with Crippen LogP contribution in [0.4, 0.5) is 5.69 Å². The highest BCUT2D eigenvalue weighted by atomic mass is 32.1. The minimum atomic E-state index is -0.387. The van der Waals surface area contributed by atoms with Crippen molar-refractivity contribution in [2.24, 2.45) is 0 Å². The molecule has 2 aromatic rings. The van der Waals surface area contributed by atoms with Crippen molar-refractivity contribution < 1.29 is 4.79 Å². The average Bonchev–Trinajstić information content (AvgIpc) is 2.62. The van der Waals surface area contributed by atoms with E-state index in [0.29, 0.717) is 5.56 Å². The van der Waals surface area contributed by atoms with Gasteiger partial charge in [0.1, 0.15) is 11.8 Å². The molecule has 2 N–H and O–H groups in total. The molecule has 0 aliphatic rings. The lowest BCUT2D eigenvalue weighted by atomic mass is 10.1. The molecule has 25 heavy (non-hydrogen) atoms. The molecule has 0 saturated carbocycles. The van der Waals surface area contributed by atoms with Crippen molar-refractivity contribution in [3.63, 3.8) is 0 Å². The minimum Gasteiger partial charge on any atom is -0.331 e. The number of aryl methyl sites for hydroxylation is 1. The standard InChI is InChI=1S/C18H19N5OS/c1-2-3-4-5-13-8-16(12-20-10-13)22-18(25)23-17(24)14-6-7-15(9-19)21-11-14/h6-8,10-12H,2-5H2,1H3,(H2,22,23,24,25). The Balaban J connectivity index is 1.91. The van der Waals surface area contributed by atoms with E-state index < -0.39 is 0 Å². The molecule has 1 amide bonds. The van der Waals surface area contributed by atoms with Gasteiger partial charge < -0.3 is 5.32 Å². The molecule has 7 heteroatoms. The molecular weight excluding hydrogens is 334 g/mol. The minimum absolute atomic E-state index is 0.182. The summed E-state index contributed by atoms with van der Waals surface area (Å²) in [6.07, 6.45) is 9.28. The number of pyridine rings is 2. The Morgan fingerprint density at radius 3 is 2.80 bits per heavy atom. The fourth-order valence-electron chi connectivity index (χ4n) is 2.20. The second-order valence-corrected chi connectivity index (χ2v) is 5.90. The van der Waals surface area contributed by atoms with Gasteiger partial charge in [-0.3, -0.25) is 15.1 Å². The molecule has 0 aliphatic carbocycles. The lowest BCUT2D eigenvalue weighted by Crippen LogP contribution is -2.34. The normalized spacial score (nSPS) is 9.92. The molecule has 2 heterocycles. The quantitative estimate of drug-likeness (QED) is 0.612. The van der Waals surface area contributed by atoms with E-state index >= 15 is 0 Å². The zero-order chi connectivity index (χ0) is 18.1. The van der Waals surface area contributed by atoms with E-state index in [-0.39, 0.29) is 16.7 Å². The summed E-state index contributed by atoms with van der Waals surface area (Å²) >= 11 is 5.17. The van der Waals surface area contributed by atoms with Gasteiger partial charge in [0.05, 0.1) is 17.4 Å². The third-order valence-electron chi connectivity index (χ3n) is 3.49. The van der Waals surface area contributed by atoms with Crippen LogP contribution in [0.25, 0.3) is 0 Å². The number of nitrogens with zero attached hydrogens (tertiary/aromatic N) is 3. The number of thiocarbonyl (C=S) groups is 1. The number of anilines is 1. The first kappa shape index (κ1) is 18.5. The monoisotopic (exact) mass is 353 g/mol. The largest absolute Gasteiger partial charge is 0.331 e. The second-order valence-electron chi connectivity index (χ2n) is 5.49. The topological polar surface area (TPSA) is 90.7 Å². The summed E-state index contributed by atoms with van der Waals surface area (Å²) in [5.74, 6) is -0.387. The lowest BCUT2D eigenvalue weighted by molar-refractivity contribution is 0.0977. The van der Waals surface area contributed by atoms with Crippen LogP contribution >= 0.6 is 12.2 Å². The fourth-order valence-corrected chi connectivity index (χ4v) is 2.41. The van der Waals surface area contributed by atoms with Crippen molar-refractivity contribution in [1.29, 1.82) is 5.26 Å². The predicted molar refractivity (Wildman–Crippen MR) is 100 cm³/mol. The number of carbonyl (C=O) groups is 1. The summed E-state index contributed by atoms with van der Waals surface area (Å²) in [4.78, 5) is 20.2. The van der Waals surface area contributed by atoms with E-state index in [1.807, 2.05) is 18.3 Å². The van der Waals surface area contributed by atoms with E-state index in [4.69, 9.17) is 17.5 Å². The van der Waals surface area contributed by atoms with Crippen LogP contribution in [0.1, 0.15) is 47.8 Å². The van der Waals surface area contributed by atoms with Crippen LogP contribution < -0.4 is 10.6 Å². The Morgan fingerprint density at radius 2 is 2.12 bits per heavy atom. The second kappa shape index (κ2) is 9.45. The van der Waals surface area contributed by atoms with Crippen molar-refractivity contribution in [2.45, 2.75) is 32.6 Å². The number of nitriles is 1. The molecular formula is C18H19N5OS. The van der Waals surface area contributed by atoms with Crippen LogP contribution in [-0.2, 0) is 6.42 Å². The highest BCUT2D eigenvalue weighted by Gasteiger charge is 2.09. The molecule has 2 aromatic heterocycles. The van der Waals surface area contributed by atoms with E-state index in [0.717, 1.165) is 24.1 Å². The average molecular weight is 353 g/mol. The molecule has 0 aromatic carbocycles. The van der Waals surface area contributed by atoms with E-state index in [1.54, 1.807) is 6.20 Å².